The van der Waals surface area contributed by atoms with Gasteiger partial charge in [0.2, 0.25) is 5.91 Å². The number of rotatable bonds is 6. The summed E-state index contributed by atoms with van der Waals surface area (Å²) in [6, 6.07) is 17.7. The zero-order chi connectivity index (χ0) is 24.0. The topological polar surface area (TPSA) is 133 Å². The second-order valence-electron chi connectivity index (χ2n) is 6.78. The first kappa shape index (κ1) is 23.8. The number of para-hydroxylation sites is 1. The van der Waals surface area contributed by atoms with Crippen LogP contribution < -0.4 is 20.9 Å². The van der Waals surface area contributed by atoms with Crippen LogP contribution in [0.15, 0.2) is 77.7 Å². The van der Waals surface area contributed by atoms with Gasteiger partial charge in [-0.2, -0.15) is 0 Å². The summed E-state index contributed by atoms with van der Waals surface area (Å²) < 4.78 is 27.7. The number of anilines is 2. The molecule has 0 aliphatic rings. The summed E-state index contributed by atoms with van der Waals surface area (Å²) in [6.45, 7) is 1.34. The molecule has 0 unspecified atom stereocenters. The fourth-order valence-electron chi connectivity index (χ4n) is 2.75. The molecule has 0 saturated heterocycles. The lowest BCUT2D eigenvalue weighted by atomic mass is 10.2. The van der Waals surface area contributed by atoms with Crippen molar-refractivity contribution >= 4 is 50.7 Å². The van der Waals surface area contributed by atoms with E-state index in [4.69, 9.17) is 11.6 Å². The SMILES string of the molecule is CC(=O)Nc1cccc(C(=O)NNC(=O)c2cccc(S(=O)(=O)Nc3ccccc3Cl)c2)c1. The molecule has 3 rings (SSSR count). The van der Waals surface area contributed by atoms with E-state index in [0.717, 1.165) is 6.07 Å². The molecule has 0 aromatic heterocycles. The van der Waals surface area contributed by atoms with Gasteiger partial charge in [0.05, 0.1) is 15.6 Å². The largest absolute Gasteiger partial charge is 0.326 e. The second-order valence-corrected chi connectivity index (χ2v) is 8.87. The molecule has 0 radical (unpaired) electrons. The molecule has 0 fully saturated rings. The first-order valence-corrected chi connectivity index (χ1v) is 11.4. The Morgan fingerprint density at radius 2 is 1.39 bits per heavy atom. The lowest BCUT2D eigenvalue weighted by Crippen LogP contribution is -2.41. The number of nitrogens with one attached hydrogen (secondary N) is 4. The van der Waals surface area contributed by atoms with E-state index in [1.54, 1.807) is 24.3 Å². The van der Waals surface area contributed by atoms with Gasteiger partial charge in [-0.1, -0.05) is 35.9 Å². The number of carbonyl (C=O) groups is 3. The van der Waals surface area contributed by atoms with E-state index in [-0.39, 0.29) is 32.6 Å². The van der Waals surface area contributed by atoms with Crippen LogP contribution in [-0.4, -0.2) is 26.1 Å². The summed E-state index contributed by atoms with van der Waals surface area (Å²) >= 11 is 6.00. The van der Waals surface area contributed by atoms with E-state index < -0.39 is 21.8 Å². The summed E-state index contributed by atoms with van der Waals surface area (Å²) in [7, 11) is -4.02. The zero-order valence-electron chi connectivity index (χ0n) is 17.3. The Bertz CT molecular complexity index is 1330. The molecule has 9 nitrogen and oxygen atoms in total. The van der Waals surface area contributed by atoms with Crippen molar-refractivity contribution in [3.05, 3.63) is 88.9 Å². The standard InChI is InChI=1S/C22H19ClN4O5S/c1-14(28)24-17-8-4-6-15(12-17)21(29)25-26-22(30)16-7-5-9-18(13-16)33(31,32)27-20-11-3-2-10-19(20)23/h2-13,27H,1H3,(H,24,28)(H,25,29)(H,26,30). The summed E-state index contributed by atoms with van der Waals surface area (Å²) in [5, 5.41) is 2.78. The molecule has 3 aromatic carbocycles. The zero-order valence-corrected chi connectivity index (χ0v) is 18.8. The number of hydrogen-bond acceptors (Lipinski definition) is 5. The van der Waals surface area contributed by atoms with Crippen molar-refractivity contribution in [2.24, 2.45) is 0 Å². The maximum absolute atomic E-state index is 12.7. The Morgan fingerprint density at radius 1 is 0.788 bits per heavy atom. The maximum atomic E-state index is 12.7. The minimum absolute atomic E-state index is 0.00401. The molecule has 0 spiro atoms. The lowest BCUT2D eigenvalue weighted by Gasteiger charge is -2.11. The number of hydrogen-bond donors (Lipinski definition) is 4. The normalized spacial score (nSPS) is 10.7. The van der Waals surface area contributed by atoms with Gasteiger partial charge < -0.3 is 5.32 Å². The summed E-state index contributed by atoms with van der Waals surface area (Å²) in [5.41, 5.74) is 5.30. The lowest BCUT2D eigenvalue weighted by molar-refractivity contribution is -0.114. The van der Waals surface area contributed by atoms with Crippen LogP contribution in [0.1, 0.15) is 27.6 Å². The monoisotopic (exact) mass is 486 g/mol. The van der Waals surface area contributed by atoms with Gasteiger partial charge in [0.15, 0.2) is 0 Å². The van der Waals surface area contributed by atoms with Crippen LogP contribution in [0.2, 0.25) is 5.02 Å². The fourth-order valence-corrected chi connectivity index (χ4v) is 4.12. The molecule has 4 N–H and O–H groups in total. The van der Waals surface area contributed by atoms with E-state index in [9.17, 15) is 22.8 Å². The molecular formula is C22H19ClN4O5S. The van der Waals surface area contributed by atoms with Crippen LogP contribution in [-0.2, 0) is 14.8 Å². The number of hydrazine groups is 1. The van der Waals surface area contributed by atoms with Crippen LogP contribution in [0.4, 0.5) is 11.4 Å². The van der Waals surface area contributed by atoms with E-state index in [1.807, 2.05) is 0 Å². The Kier molecular flexibility index (Phi) is 7.31. The molecule has 33 heavy (non-hydrogen) atoms. The average Bonchev–Trinajstić information content (AvgIpc) is 2.78. The highest BCUT2D eigenvalue weighted by Gasteiger charge is 2.18. The Morgan fingerprint density at radius 3 is 2.03 bits per heavy atom. The van der Waals surface area contributed by atoms with Gasteiger partial charge in [-0.15, -0.1) is 0 Å². The third kappa shape index (κ3) is 6.31. The van der Waals surface area contributed by atoms with Crippen molar-refractivity contribution in [1.29, 1.82) is 0 Å². The van der Waals surface area contributed by atoms with Crippen LogP contribution >= 0.6 is 11.6 Å². The van der Waals surface area contributed by atoms with Gasteiger partial charge in [0.1, 0.15) is 0 Å². The van der Waals surface area contributed by atoms with Crippen molar-refractivity contribution in [3.8, 4) is 0 Å². The average molecular weight is 487 g/mol. The number of halogens is 1. The third-order valence-electron chi connectivity index (χ3n) is 4.26. The smallest absolute Gasteiger partial charge is 0.269 e. The minimum atomic E-state index is -4.02. The molecular weight excluding hydrogens is 468 g/mol. The van der Waals surface area contributed by atoms with Crippen LogP contribution in [0.3, 0.4) is 0 Å². The first-order valence-electron chi connectivity index (χ1n) is 9.51. The quantitative estimate of drug-likeness (QED) is 0.397. The molecule has 0 atom stereocenters. The van der Waals surface area contributed by atoms with Crippen molar-refractivity contribution in [2.45, 2.75) is 11.8 Å². The summed E-state index contributed by atoms with van der Waals surface area (Å²) in [4.78, 5) is 35.8. The van der Waals surface area contributed by atoms with Crippen molar-refractivity contribution in [1.82, 2.24) is 10.9 Å². The van der Waals surface area contributed by atoms with Gasteiger partial charge in [-0.05, 0) is 48.5 Å². The molecule has 11 heteroatoms. The molecule has 0 heterocycles. The maximum Gasteiger partial charge on any atom is 0.269 e. The van der Waals surface area contributed by atoms with Crippen LogP contribution in [0.5, 0.6) is 0 Å². The van der Waals surface area contributed by atoms with Gasteiger partial charge in [-0.25, -0.2) is 8.42 Å². The Hall–Kier alpha value is -3.89. The van der Waals surface area contributed by atoms with Crippen molar-refractivity contribution in [2.75, 3.05) is 10.0 Å². The number of amides is 3. The van der Waals surface area contributed by atoms with Gasteiger partial charge >= 0.3 is 0 Å². The van der Waals surface area contributed by atoms with Gasteiger partial charge in [-0.3, -0.25) is 30.0 Å². The number of sulfonamides is 1. The highest BCUT2D eigenvalue weighted by atomic mass is 35.5. The van der Waals surface area contributed by atoms with Gasteiger partial charge in [0, 0.05) is 23.7 Å². The van der Waals surface area contributed by atoms with E-state index in [1.165, 1.54) is 49.4 Å². The highest BCUT2D eigenvalue weighted by molar-refractivity contribution is 7.92. The highest BCUT2D eigenvalue weighted by Crippen LogP contribution is 2.24. The summed E-state index contributed by atoms with van der Waals surface area (Å²) in [5.74, 6) is -1.64. The van der Waals surface area contributed by atoms with E-state index in [2.05, 4.69) is 20.9 Å². The molecule has 170 valence electrons. The van der Waals surface area contributed by atoms with E-state index >= 15 is 0 Å². The Balaban J connectivity index is 1.69. The Labute approximate surface area is 195 Å². The second kappa shape index (κ2) is 10.2. The molecule has 0 aliphatic carbocycles. The number of benzene rings is 3. The molecule has 0 bridgehead atoms. The van der Waals surface area contributed by atoms with E-state index in [0.29, 0.717) is 5.69 Å². The van der Waals surface area contributed by atoms with Crippen molar-refractivity contribution < 1.29 is 22.8 Å². The summed E-state index contributed by atoms with van der Waals surface area (Å²) in [6.07, 6.45) is 0. The minimum Gasteiger partial charge on any atom is -0.326 e. The third-order valence-corrected chi connectivity index (χ3v) is 5.95. The van der Waals surface area contributed by atoms with Crippen LogP contribution in [0, 0.1) is 0 Å². The molecule has 0 saturated carbocycles. The molecule has 3 amide bonds. The fraction of sp³-hybridized carbons (Fsp3) is 0.0455. The number of carbonyl (C=O) groups excluding carboxylic acids is 3. The predicted octanol–water partition coefficient (Wildman–Crippen LogP) is 3.17. The predicted molar refractivity (Wildman–Crippen MR) is 124 cm³/mol. The van der Waals surface area contributed by atoms with Gasteiger partial charge in [0.25, 0.3) is 21.8 Å². The van der Waals surface area contributed by atoms with Crippen molar-refractivity contribution in [3.63, 3.8) is 0 Å². The van der Waals surface area contributed by atoms with Crippen LogP contribution in [0.25, 0.3) is 0 Å². The first-order chi connectivity index (χ1) is 15.7. The molecule has 3 aromatic rings. The molecule has 0 aliphatic heterocycles.